The summed E-state index contributed by atoms with van der Waals surface area (Å²) >= 11 is 0. The van der Waals surface area contributed by atoms with Gasteiger partial charge in [-0.15, -0.1) is 0 Å². The zero-order valence-electron chi connectivity index (χ0n) is 13.4. The topological polar surface area (TPSA) is 17.8 Å². The molecule has 0 N–H and O–H groups in total. The highest BCUT2D eigenvalue weighted by Gasteiger charge is 2.07. The van der Waals surface area contributed by atoms with Crippen LogP contribution in [0.25, 0.3) is 5.69 Å². The van der Waals surface area contributed by atoms with Gasteiger partial charge in [0.25, 0.3) is 0 Å². The van der Waals surface area contributed by atoms with E-state index in [0.29, 0.717) is 5.92 Å². The van der Waals surface area contributed by atoms with E-state index < -0.39 is 0 Å². The van der Waals surface area contributed by atoms with Crippen molar-refractivity contribution in [2.24, 2.45) is 0 Å². The van der Waals surface area contributed by atoms with Gasteiger partial charge in [0.1, 0.15) is 0 Å². The van der Waals surface area contributed by atoms with Crippen LogP contribution in [0.2, 0.25) is 0 Å². The van der Waals surface area contributed by atoms with E-state index >= 15 is 0 Å². The monoisotopic (exact) mass is 260 g/mol. The van der Waals surface area contributed by atoms with Crippen LogP contribution in [0.1, 0.15) is 58.7 Å². The summed E-state index contributed by atoms with van der Waals surface area (Å²) in [5.41, 5.74) is 3.65. The fourth-order valence-corrected chi connectivity index (χ4v) is 1.73. The first-order chi connectivity index (χ1) is 9.18. The molecule has 0 spiro atoms. The Kier molecular flexibility index (Phi) is 8.60. The van der Waals surface area contributed by atoms with Crippen molar-refractivity contribution < 1.29 is 0 Å². The van der Waals surface area contributed by atoms with Gasteiger partial charge in [-0.25, -0.2) is 4.68 Å². The lowest BCUT2D eigenvalue weighted by molar-refractivity contribution is 0.734. The molecule has 1 aromatic heterocycles. The van der Waals surface area contributed by atoms with Crippen molar-refractivity contribution in [3.8, 4) is 5.69 Å². The van der Waals surface area contributed by atoms with Crippen LogP contribution in [0.5, 0.6) is 0 Å². The number of hydrogen-bond donors (Lipinski definition) is 0. The predicted octanol–water partition coefficient (Wildman–Crippen LogP) is 5.36. The minimum absolute atomic E-state index is 0.494. The molecule has 0 amide bonds. The second-order valence-corrected chi connectivity index (χ2v) is 4.16. The summed E-state index contributed by atoms with van der Waals surface area (Å²) in [6.07, 6.45) is 1.86. The van der Waals surface area contributed by atoms with E-state index in [2.05, 4.69) is 56.2 Å². The predicted molar refractivity (Wildman–Crippen MR) is 85.1 cm³/mol. The lowest BCUT2D eigenvalue weighted by Gasteiger charge is -2.10. The van der Waals surface area contributed by atoms with Gasteiger partial charge in [0, 0.05) is 11.9 Å². The number of benzene rings is 1. The lowest BCUT2D eigenvalue weighted by Crippen LogP contribution is -2.03. The summed E-state index contributed by atoms with van der Waals surface area (Å²) in [5.74, 6) is 0.494. The maximum absolute atomic E-state index is 4.37. The van der Waals surface area contributed by atoms with Gasteiger partial charge in [0.2, 0.25) is 0 Å². The summed E-state index contributed by atoms with van der Waals surface area (Å²) in [5, 5.41) is 4.37. The van der Waals surface area contributed by atoms with Gasteiger partial charge < -0.3 is 0 Å². The summed E-state index contributed by atoms with van der Waals surface area (Å²) in [4.78, 5) is 0. The molecule has 1 aromatic carbocycles. The van der Waals surface area contributed by atoms with E-state index in [1.165, 1.54) is 11.3 Å². The summed E-state index contributed by atoms with van der Waals surface area (Å²) < 4.78 is 2.01. The lowest BCUT2D eigenvalue weighted by atomic mass is 10.1. The van der Waals surface area contributed by atoms with Crippen molar-refractivity contribution >= 4 is 0 Å². The Morgan fingerprint density at radius 1 is 1.00 bits per heavy atom. The Labute approximate surface area is 118 Å². The molecule has 1 heterocycles. The van der Waals surface area contributed by atoms with Crippen molar-refractivity contribution in [2.75, 3.05) is 0 Å². The number of rotatable bonds is 2. The molecule has 0 aliphatic rings. The van der Waals surface area contributed by atoms with Crippen LogP contribution in [0.15, 0.2) is 36.5 Å². The molecular formula is C17H28N2. The summed E-state index contributed by atoms with van der Waals surface area (Å²) in [6, 6.07) is 10.5. The van der Waals surface area contributed by atoms with Gasteiger partial charge in [0.05, 0.1) is 5.69 Å². The van der Waals surface area contributed by atoms with Crippen LogP contribution in [0.4, 0.5) is 0 Å². The molecule has 0 aliphatic heterocycles. The maximum atomic E-state index is 4.37. The summed E-state index contributed by atoms with van der Waals surface area (Å²) in [7, 11) is 0. The molecule has 0 saturated carbocycles. The second kappa shape index (κ2) is 9.37. The van der Waals surface area contributed by atoms with E-state index in [1.807, 2.05) is 38.6 Å². The Morgan fingerprint density at radius 3 is 2.16 bits per heavy atom. The Hall–Kier alpha value is -1.57. The second-order valence-electron chi connectivity index (χ2n) is 4.16. The first-order valence-electron chi connectivity index (χ1n) is 7.29. The third-order valence-corrected chi connectivity index (χ3v) is 2.51. The summed E-state index contributed by atoms with van der Waals surface area (Å²) in [6.45, 7) is 14.5. The fourth-order valence-electron chi connectivity index (χ4n) is 1.73. The minimum atomic E-state index is 0.494. The highest BCUT2D eigenvalue weighted by Crippen LogP contribution is 2.18. The minimum Gasteiger partial charge on any atom is -0.238 e. The smallest absolute Gasteiger partial charge is 0.0651 e. The molecule has 0 radical (unpaired) electrons. The van der Waals surface area contributed by atoms with E-state index in [4.69, 9.17) is 0 Å². The zero-order valence-corrected chi connectivity index (χ0v) is 13.4. The zero-order chi connectivity index (χ0) is 14.8. The third-order valence-electron chi connectivity index (χ3n) is 2.51. The Bertz CT molecular complexity index is 456. The molecule has 0 fully saturated rings. The van der Waals surface area contributed by atoms with E-state index in [1.54, 1.807) is 0 Å². The molecule has 106 valence electrons. The standard InChI is InChI=1S/C13H16N2.2C2H6/c1-10(2)13-7-8-14-15(13)12-6-4-5-11(3)9-12;2*1-2/h4-10H,1-3H3;2*1-2H3. The molecule has 2 nitrogen and oxygen atoms in total. The molecule has 0 unspecified atom stereocenters. The van der Waals surface area contributed by atoms with Crippen molar-refractivity contribution in [1.29, 1.82) is 0 Å². The maximum Gasteiger partial charge on any atom is 0.0651 e. The van der Waals surface area contributed by atoms with Gasteiger partial charge in [0.15, 0.2) is 0 Å². The van der Waals surface area contributed by atoms with Gasteiger partial charge in [-0.2, -0.15) is 5.10 Å². The first-order valence-corrected chi connectivity index (χ1v) is 7.29. The van der Waals surface area contributed by atoms with E-state index in [9.17, 15) is 0 Å². The van der Waals surface area contributed by atoms with E-state index in [-0.39, 0.29) is 0 Å². The average molecular weight is 260 g/mol. The van der Waals surface area contributed by atoms with Crippen LogP contribution in [0, 0.1) is 6.92 Å². The quantitative estimate of drug-likeness (QED) is 0.711. The number of nitrogens with zero attached hydrogens (tertiary/aromatic N) is 2. The van der Waals surface area contributed by atoms with E-state index in [0.717, 1.165) is 5.69 Å². The molecule has 2 heteroatoms. The number of aromatic nitrogens is 2. The molecule has 2 rings (SSSR count). The van der Waals surface area contributed by atoms with Crippen molar-refractivity contribution in [3.63, 3.8) is 0 Å². The highest BCUT2D eigenvalue weighted by atomic mass is 15.3. The third kappa shape index (κ3) is 4.90. The molecule has 0 bridgehead atoms. The average Bonchev–Trinajstić information content (AvgIpc) is 2.93. The molecule has 0 saturated heterocycles. The van der Waals surface area contributed by atoms with Crippen LogP contribution < -0.4 is 0 Å². The van der Waals surface area contributed by atoms with Gasteiger partial charge in [-0.3, -0.25) is 0 Å². The first kappa shape index (κ1) is 17.4. The van der Waals surface area contributed by atoms with Crippen LogP contribution in [0.3, 0.4) is 0 Å². The van der Waals surface area contributed by atoms with Gasteiger partial charge >= 0.3 is 0 Å². The SMILES string of the molecule is CC.CC.Cc1cccc(-n2nccc2C(C)C)c1. The normalized spacial score (nSPS) is 9.26. The fraction of sp³-hybridized carbons (Fsp3) is 0.471. The molecule has 0 atom stereocenters. The van der Waals surface area contributed by atoms with Crippen molar-refractivity contribution in [3.05, 3.63) is 47.8 Å². The Morgan fingerprint density at radius 2 is 1.63 bits per heavy atom. The molecule has 19 heavy (non-hydrogen) atoms. The van der Waals surface area contributed by atoms with Crippen LogP contribution >= 0.6 is 0 Å². The van der Waals surface area contributed by atoms with Crippen molar-refractivity contribution in [2.45, 2.75) is 54.4 Å². The van der Waals surface area contributed by atoms with Gasteiger partial charge in [-0.1, -0.05) is 53.7 Å². The highest BCUT2D eigenvalue weighted by molar-refractivity contribution is 5.36. The van der Waals surface area contributed by atoms with Crippen LogP contribution in [-0.2, 0) is 0 Å². The molecule has 2 aromatic rings. The van der Waals surface area contributed by atoms with Gasteiger partial charge in [-0.05, 0) is 36.6 Å². The van der Waals surface area contributed by atoms with Crippen molar-refractivity contribution in [1.82, 2.24) is 9.78 Å². The van der Waals surface area contributed by atoms with Crippen LogP contribution in [-0.4, -0.2) is 9.78 Å². The number of aryl methyl sites for hydroxylation is 1. The number of hydrogen-bond acceptors (Lipinski definition) is 1. The molecule has 0 aliphatic carbocycles. The largest absolute Gasteiger partial charge is 0.238 e. The Balaban J connectivity index is 0.000000741. The molecular weight excluding hydrogens is 232 g/mol.